The average Bonchev–Trinajstić information content (AvgIpc) is 3.49. The Morgan fingerprint density at radius 2 is 1.86 bits per heavy atom. The number of aryl methyl sites for hydroxylation is 1. The number of ether oxygens (including phenoxy) is 2. The van der Waals surface area contributed by atoms with Gasteiger partial charge in [0.15, 0.2) is 0 Å². The van der Waals surface area contributed by atoms with Gasteiger partial charge in [-0.2, -0.15) is 0 Å². The fourth-order valence-corrected chi connectivity index (χ4v) is 6.05. The topological polar surface area (TPSA) is 68.0 Å². The number of rotatable bonds is 10. The van der Waals surface area contributed by atoms with Gasteiger partial charge in [-0.1, -0.05) is 30.2 Å². The lowest BCUT2D eigenvalue weighted by Gasteiger charge is -2.32. The molecule has 1 atom stereocenters. The Kier molecular flexibility index (Phi) is 9.36. The largest absolute Gasteiger partial charge is 0.378 e. The van der Waals surface area contributed by atoms with Gasteiger partial charge in [0.2, 0.25) is 0 Å². The second-order valence-corrected chi connectivity index (χ2v) is 10.6. The number of carbonyl (C=O) groups is 1. The number of hydrogen-bond donors (Lipinski definition) is 1. The fourth-order valence-electron chi connectivity index (χ4n) is 4.91. The lowest BCUT2D eigenvalue weighted by atomic mass is 9.89. The Bertz CT molecular complexity index is 1010. The predicted octanol–water partition coefficient (Wildman–Crippen LogP) is 3.74. The molecule has 0 radical (unpaired) electrons. The number of terminal acetylenes is 1. The summed E-state index contributed by atoms with van der Waals surface area (Å²) >= 11 is 1.60. The molecular formula is C28H37N3O3S. The maximum Gasteiger partial charge on any atom is 0.264 e. The van der Waals surface area contributed by atoms with Gasteiger partial charge < -0.3 is 25.0 Å². The summed E-state index contributed by atoms with van der Waals surface area (Å²) in [5.74, 6) is 3.17. The number of thiophene rings is 1. The number of benzene rings is 1. The molecule has 188 valence electrons. The zero-order valence-corrected chi connectivity index (χ0v) is 21.5. The van der Waals surface area contributed by atoms with Gasteiger partial charge in [-0.3, -0.25) is 4.79 Å². The normalized spacial score (nSPS) is 19.2. The second kappa shape index (κ2) is 12.7. The molecular weight excluding hydrogens is 458 g/mol. The van der Waals surface area contributed by atoms with Gasteiger partial charge in [0.05, 0.1) is 24.7 Å². The Balaban J connectivity index is 1.25. The van der Waals surface area contributed by atoms with Crippen molar-refractivity contribution in [3.8, 4) is 22.8 Å². The maximum atomic E-state index is 12.9. The smallest absolute Gasteiger partial charge is 0.264 e. The maximum absolute atomic E-state index is 12.9. The molecule has 1 aromatic carbocycles. The molecule has 3 heterocycles. The summed E-state index contributed by atoms with van der Waals surface area (Å²) in [5.41, 5.74) is 9.64. The second-order valence-electron chi connectivity index (χ2n) is 9.53. The van der Waals surface area contributed by atoms with Gasteiger partial charge in [0.25, 0.3) is 5.91 Å². The van der Waals surface area contributed by atoms with Crippen molar-refractivity contribution in [1.29, 1.82) is 0 Å². The first-order valence-corrected chi connectivity index (χ1v) is 13.4. The average molecular weight is 496 g/mol. The van der Waals surface area contributed by atoms with Crippen LogP contribution in [0.1, 0.15) is 46.0 Å². The van der Waals surface area contributed by atoms with Gasteiger partial charge in [0, 0.05) is 30.6 Å². The third-order valence-electron chi connectivity index (χ3n) is 6.99. The van der Waals surface area contributed by atoms with Crippen molar-refractivity contribution in [3.63, 3.8) is 0 Å². The Labute approximate surface area is 213 Å². The first-order chi connectivity index (χ1) is 17.0. The van der Waals surface area contributed by atoms with Crippen molar-refractivity contribution in [2.75, 3.05) is 59.2 Å². The summed E-state index contributed by atoms with van der Waals surface area (Å²) in [4.78, 5) is 19.3. The molecule has 2 aliphatic heterocycles. The number of hydrogen-bond acceptors (Lipinski definition) is 6. The van der Waals surface area contributed by atoms with Crippen molar-refractivity contribution in [3.05, 3.63) is 46.3 Å². The van der Waals surface area contributed by atoms with E-state index in [0.29, 0.717) is 32.3 Å². The van der Waals surface area contributed by atoms with Gasteiger partial charge >= 0.3 is 0 Å². The minimum atomic E-state index is 0.107. The molecule has 0 spiro atoms. The molecule has 0 aliphatic carbocycles. The molecule has 2 aromatic rings. The number of nitrogens with two attached hydrogens (primary N) is 1. The van der Waals surface area contributed by atoms with Gasteiger partial charge in [0.1, 0.15) is 6.61 Å². The van der Waals surface area contributed by atoms with Gasteiger partial charge in [-0.25, -0.2) is 0 Å². The molecule has 2 fully saturated rings. The van der Waals surface area contributed by atoms with Crippen molar-refractivity contribution < 1.29 is 14.3 Å². The number of carbonyl (C=O) groups excluding carboxylic acids is 1. The van der Waals surface area contributed by atoms with E-state index in [4.69, 9.17) is 21.6 Å². The zero-order valence-electron chi connectivity index (χ0n) is 20.7. The first-order valence-electron chi connectivity index (χ1n) is 12.6. The summed E-state index contributed by atoms with van der Waals surface area (Å²) in [6.07, 6.45) is 8.38. The standard InChI is InChI=1S/C28H37N3O3S/c1-3-15-33-17-18-34-16-14-30-11-8-23(9-12-30)22-4-6-24(7-5-22)26-19-21(2)27(35-26)28(32)31-13-10-25(29)20-31/h1,4-7,19,23,25H,8-18,20,29H2,2H3/t25-/m0/s1. The highest BCUT2D eigenvalue weighted by atomic mass is 32.1. The first kappa shape index (κ1) is 25.9. The van der Waals surface area contributed by atoms with Crippen molar-refractivity contribution in [1.82, 2.24) is 9.80 Å². The molecule has 6 nitrogen and oxygen atoms in total. The van der Waals surface area contributed by atoms with E-state index in [0.717, 1.165) is 54.5 Å². The number of piperidine rings is 1. The van der Waals surface area contributed by atoms with Crippen LogP contribution < -0.4 is 5.73 Å². The van der Waals surface area contributed by atoms with E-state index in [1.165, 1.54) is 24.0 Å². The molecule has 2 aliphatic rings. The van der Waals surface area contributed by atoms with Crippen LogP contribution in [-0.4, -0.2) is 80.9 Å². The van der Waals surface area contributed by atoms with Crippen molar-refractivity contribution in [2.24, 2.45) is 5.73 Å². The molecule has 0 unspecified atom stereocenters. The van der Waals surface area contributed by atoms with Gasteiger partial charge in [-0.05, 0) is 68.0 Å². The van der Waals surface area contributed by atoms with Crippen molar-refractivity contribution >= 4 is 17.2 Å². The zero-order chi connectivity index (χ0) is 24.6. The molecule has 7 heteroatoms. The Hall–Kier alpha value is -2.21. The summed E-state index contributed by atoms with van der Waals surface area (Å²) in [7, 11) is 0. The Morgan fingerprint density at radius 1 is 1.11 bits per heavy atom. The molecule has 2 N–H and O–H groups in total. The molecule has 1 amide bonds. The quantitative estimate of drug-likeness (QED) is 0.402. The lowest BCUT2D eigenvalue weighted by Crippen LogP contribution is -2.35. The number of amides is 1. The summed E-state index contributed by atoms with van der Waals surface area (Å²) in [5, 5.41) is 0. The van der Waals surface area contributed by atoms with Crippen LogP contribution in [0.25, 0.3) is 10.4 Å². The molecule has 0 saturated carbocycles. The third kappa shape index (κ3) is 6.93. The van der Waals surface area contributed by atoms with Crippen LogP contribution in [0.15, 0.2) is 30.3 Å². The van der Waals surface area contributed by atoms with E-state index in [1.54, 1.807) is 11.3 Å². The number of nitrogens with zero attached hydrogens (tertiary/aromatic N) is 2. The third-order valence-corrected chi connectivity index (χ3v) is 8.26. The van der Waals surface area contributed by atoms with Crippen LogP contribution in [0.4, 0.5) is 0 Å². The molecule has 4 rings (SSSR count). The minimum Gasteiger partial charge on any atom is -0.378 e. The summed E-state index contributed by atoms with van der Waals surface area (Å²) in [6, 6.07) is 11.2. The van der Waals surface area contributed by atoms with E-state index in [-0.39, 0.29) is 11.9 Å². The highest BCUT2D eigenvalue weighted by molar-refractivity contribution is 7.17. The molecule has 35 heavy (non-hydrogen) atoms. The minimum absolute atomic E-state index is 0.107. The Morgan fingerprint density at radius 3 is 2.54 bits per heavy atom. The molecule has 2 saturated heterocycles. The monoisotopic (exact) mass is 495 g/mol. The summed E-state index contributed by atoms with van der Waals surface area (Å²) in [6.45, 7) is 8.83. The highest BCUT2D eigenvalue weighted by Crippen LogP contribution is 2.35. The molecule has 0 bridgehead atoms. The SMILES string of the molecule is C#CCOCCOCCN1CCC(c2ccc(-c3cc(C)c(C(=O)N4CC[C@H](N)C4)s3)cc2)CC1. The van der Waals surface area contributed by atoms with E-state index in [1.807, 2.05) is 11.8 Å². The predicted molar refractivity (Wildman–Crippen MR) is 142 cm³/mol. The summed E-state index contributed by atoms with van der Waals surface area (Å²) < 4.78 is 10.9. The van der Waals surface area contributed by atoms with Crippen LogP contribution >= 0.6 is 11.3 Å². The van der Waals surface area contributed by atoms with Gasteiger partial charge in [-0.15, -0.1) is 17.8 Å². The van der Waals surface area contributed by atoms with E-state index < -0.39 is 0 Å². The van der Waals surface area contributed by atoms with E-state index in [9.17, 15) is 4.79 Å². The number of likely N-dealkylation sites (tertiary alicyclic amines) is 2. The highest BCUT2D eigenvalue weighted by Gasteiger charge is 2.27. The van der Waals surface area contributed by atoms with E-state index in [2.05, 4.69) is 41.2 Å². The van der Waals surface area contributed by atoms with Crippen LogP contribution in [0.5, 0.6) is 0 Å². The van der Waals surface area contributed by atoms with E-state index >= 15 is 0 Å². The molecule has 1 aromatic heterocycles. The van der Waals surface area contributed by atoms with Crippen LogP contribution in [0.2, 0.25) is 0 Å². The van der Waals surface area contributed by atoms with Crippen molar-refractivity contribution in [2.45, 2.75) is 38.1 Å². The fraction of sp³-hybridized carbons (Fsp3) is 0.536. The van der Waals surface area contributed by atoms with Crippen LogP contribution in [0.3, 0.4) is 0 Å². The lowest BCUT2D eigenvalue weighted by molar-refractivity contribution is 0.0454. The van der Waals surface area contributed by atoms with Crippen LogP contribution in [0, 0.1) is 19.3 Å². The van der Waals surface area contributed by atoms with Crippen LogP contribution in [-0.2, 0) is 9.47 Å².